The Morgan fingerprint density at radius 1 is 1.37 bits per heavy atom. The van der Waals surface area contributed by atoms with Crippen LogP contribution in [0.25, 0.3) is 0 Å². The van der Waals surface area contributed by atoms with Crippen molar-refractivity contribution in [1.29, 1.82) is 0 Å². The molecule has 2 aromatic rings. The van der Waals surface area contributed by atoms with Crippen LogP contribution < -0.4 is 10.1 Å². The molecule has 142 valence electrons. The fourth-order valence-electron chi connectivity index (χ4n) is 2.36. The Morgan fingerprint density at radius 3 is 2.78 bits per heavy atom. The van der Waals surface area contributed by atoms with Crippen molar-refractivity contribution in [3.05, 3.63) is 45.5 Å². The van der Waals surface area contributed by atoms with E-state index in [2.05, 4.69) is 10.3 Å². The smallest absolute Gasteiger partial charge is 0.465 e. The van der Waals surface area contributed by atoms with Gasteiger partial charge in [-0.1, -0.05) is 11.3 Å². The first-order valence-corrected chi connectivity index (χ1v) is 8.42. The first-order valence-electron chi connectivity index (χ1n) is 7.61. The molecule has 2 N–H and O–H groups in total. The minimum atomic E-state index is -1.21. The number of amides is 1. The number of nitro benzene ring substituents is 1. The summed E-state index contributed by atoms with van der Waals surface area (Å²) in [6.07, 6.45) is -1.21. The number of rotatable bonds is 5. The number of hydrogen-bond acceptors (Lipinski definition) is 9. The predicted molar refractivity (Wildman–Crippen MR) is 91.1 cm³/mol. The number of carbonyl (C=O) groups excluding carboxylic acids is 1. The summed E-state index contributed by atoms with van der Waals surface area (Å²) < 4.78 is 15.7. The number of aromatic nitrogens is 1. The zero-order chi connectivity index (χ0) is 19.4. The second-order valence-electron chi connectivity index (χ2n) is 5.40. The molecule has 0 bridgehead atoms. The molecule has 3 rings (SSSR count). The number of carbonyl (C=O) groups is 2. The van der Waals surface area contributed by atoms with E-state index in [1.807, 2.05) is 0 Å². The number of nitrogens with one attached hydrogen (secondary N) is 1. The van der Waals surface area contributed by atoms with Crippen molar-refractivity contribution in [2.24, 2.45) is 0 Å². The number of anilines is 1. The Labute approximate surface area is 155 Å². The van der Waals surface area contributed by atoms with Crippen LogP contribution in [0.2, 0.25) is 0 Å². The summed E-state index contributed by atoms with van der Waals surface area (Å²) in [5.41, 5.74) is -0.121. The highest BCUT2D eigenvalue weighted by atomic mass is 32.1. The molecule has 0 spiro atoms. The van der Waals surface area contributed by atoms with Gasteiger partial charge in [0.1, 0.15) is 11.9 Å². The number of hydrogen-bond donors (Lipinski definition) is 2. The van der Waals surface area contributed by atoms with Crippen LogP contribution in [0.5, 0.6) is 5.75 Å². The molecule has 2 heterocycles. The lowest BCUT2D eigenvalue weighted by Gasteiger charge is -2.10. The molecule has 0 unspecified atom stereocenters. The molecule has 1 aliphatic heterocycles. The van der Waals surface area contributed by atoms with Crippen LogP contribution in [-0.2, 0) is 9.47 Å². The highest BCUT2D eigenvalue weighted by Gasteiger charge is 2.31. The molecule has 0 saturated carbocycles. The van der Waals surface area contributed by atoms with Crippen molar-refractivity contribution in [2.75, 3.05) is 11.9 Å². The number of ether oxygens (including phenoxy) is 3. The standard InChI is InChI=1S/C15H13N3O8S/c19-14(20)17-13-16-6-12(27-13)11-5-10(7-24-11)26-15(21)25-9-3-1-8(2-4-9)18(22)23/h1-4,6,10-11H,5,7H2,(H,16,17)(H,19,20)/t10-,11-/m0/s1. The molecule has 0 aliphatic carbocycles. The minimum Gasteiger partial charge on any atom is -0.465 e. The summed E-state index contributed by atoms with van der Waals surface area (Å²) in [6.45, 7) is 0.152. The molecule has 1 saturated heterocycles. The third kappa shape index (κ3) is 4.89. The van der Waals surface area contributed by atoms with Gasteiger partial charge in [0.25, 0.3) is 5.69 Å². The normalized spacial score (nSPS) is 18.7. The van der Waals surface area contributed by atoms with Gasteiger partial charge in [0.2, 0.25) is 0 Å². The molecule has 1 aliphatic rings. The van der Waals surface area contributed by atoms with Gasteiger partial charge in [0.05, 0.1) is 22.5 Å². The van der Waals surface area contributed by atoms with Crippen molar-refractivity contribution < 1.29 is 33.8 Å². The molecular formula is C15H13N3O8S. The first kappa shape index (κ1) is 18.5. The Balaban J connectivity index is 1.50. The van der Waals surface area contributed by atoms with Crippen molar-refractivity contribution in [3.63, 3.8) is 0 Å². The van der Waals surface area contributed by atoms with E-state index in [1.54, 1.807) is 0 Å². The fourth-order valence-corrected chi connectivity index (χ4v) is 3.22. The van der Waals surface area contributed by atoms with E-state index >= 15 is 0 Å². The highest BCUT2D eigenvalue weighted by molar-refractivity contribution is 7.15. The molecule has 12 heteroatoms. The lowest BCUT2D eigenvalue weighted by atomic mass is 10.2. The molecule has 1 amide bonds. The molecule has 2 atom stereocenters. The second kappa shape index (κ2) is 7.97. The van der Waals surface area contributed by atoms with E-state index in [0.29, 0.717) is 11.3 Å². The van der Waals surface area contributed by atoms with Gasteiger partial charge < -0.3 is 19.3 Å². The van der Waals surface area contributed by atoms with Gasteiger partial charge in [-0.25, -0.2) is 14.6 Å². The maximum Gasteiger partial charge on any atom is 0.514 e. The number of nitro groups is 1. The lowest BCUT2D eigenvalue weighted by Crippen LogP contribution is -2.20. The summed E-state index contributed by atoms with van der Waals surface area (Å²) in [4.78, 5) is 37.1. The first-order chi connectivity index (χ1) is 12.9. The van der Waals surface area contributed by atoms with Crippen LogP contribution in [0.4, 0.5) is 20.4 Å². The van der Waals surface area contributed by atoms with Gasteiger partial charge in [0, 0.05) is 24.8 Å². The predicted octanol–water partition coefficient (Wildman–Crippen LogP) is 3.19. The highest BCUT2D eigenvalue weighted by Crippen LogP contribution is 2.35. The summed E-state index contributed by atoms with van der Waals surface area (Å²) >= 11 is 1.13. The van der Waals surface area contributed by atoms with Crippen molar-refractivity contribution in [1.82, 2.24) is 4.98 Å². The second-order valence-corrected chi connectivity index (χ2v) is 6.46. The van der Waals surface area contributed by atoms with E-state index in [0.717, 1.165) is 11.3 Å². The van der Waals surface area contributed by atoms with Crippen LogP contribution in [0.1, 0.15) is 17.4 Å². The van der Waals surface area contributed by atoms with Gasteiger partial charge in [-0.05, 0) is 12.1 Å². The van der Waals surface area contributed by atoms with Gasteiger partial charge in [-0.2, -0.15) is 0 Å². The van der Waals surface area contributed by atoms with Crippen LogP contribution in [0.15, 0.2) is 30.5 Å². The van der Waals surface area contributed by atoms with Gasteiger partial charge in [0.15, 0.2) is 5.13 Å². The number of thiazole rings is 1. The van der Waals surface area contributed by atoms with Crippen LogP contribution in [0.3, 0.4) is 0 Å². The largest absolute Gasteiger partial charge is 0.514 e. The Bertz CT molecular complexity index is 853. The van der Waals surface area contributed by atoms with E-state index < -0.39 is 23.3 Å². The quantitative estimate of drug-likeness (QED) is 0.336. The summed E-state index contributed by atoms with van der Waals surface area (Å²) in [7, 11) is 0. The fraction of sp³-hybridized carbons (Fsp3) is 0.267. The van der Waals surface area contributed by atoms with Gasteiger partial charge in [-0.3, -0.25) is 15.4 Å². The number of nitrogens with zero attached hydrogens (tertiary/aromatic N) is 2. The molecule has 0 radical (unpaired) electrons. The molecule has 11 nitrogen and oxygen atoms in total. The maximum atomic E-state index is 11.8. The third-order valence-electron chi connectivity index (χ3n) is 3.53. The van der Waals surface area contributed by atoms with E-state index in [9.17, 15) is 19.7 Å². The van der Waals surface area contributed by atoms with Crippen molar-refractivity contribution >= 4 is 34.4 Å². The van der Waals surface area contributed by atoms with Crippen LogP contribution in [0, 0.1) is 10.1 Å². The average molecular weight is 395 g/mol. The summed E-state index contributed by atoms with van der Waals surface area (Å²) in [5, 5.41) is 21.6. The minimum absolute atomic E-state index is 0.118. The zero-order valence-electron chi connectivity index (χ0n) is 13.6. The van der Waals surface area contributed by atoms with Crippen molar-refractivity contribution in [2.45, 2.75) is 18.6 Å². The number of carboxylic acid groups (broad SMARTS) is 1. The zero-order valence-corrected chi connectivity index (χ0v) is 14.4. The van der Waals surface area contributed by atoms with Crippen LogP contribution >= 0.6 is 11.3 Å². The van der Waals surface area contributed by atoms with Crippen LogP contribution in [-0.4, -0.2) is 40.0 Å². The molecule has 1 fully saturated rings. The molecular weight excluding hydrogens is 382 g/mol. The van der Waals surface area contributed by atoms with E-state index in [-0.39, 0.29) is 29.3 Å². The lowest BCUT2D eigenvalue weighted by molar-refractivity contribution is -0.384. The average Bonchev–Trinajstić information content (AvgIpc) is 3.24. The van der Waals surface area contributed by atoms with Gasteiger partial charge in [-0.15, -0.1) is 0 Å². The molecule has 1 aromatic heterocycles. The third-order valence-corrected chi connectivity index (χ3v) is 4.53. The summed E-state index contributed by atoms with van der Waals surface area (Å²) in [5.74, 6) is 0.118. The topological polar surface area (TPSA) is 150 Å². The number of non-ortho nitro benzene ring substituents is 1. The van der Waals surface area contributed by atoms with E-state index in [1.165, 1.54) is 30.5 Å². The maximum absolute atomic E-state index is 11.8. The Kier molecular flexibility index (Phi) is 5.47. The van der Waals surface area contributed by atoms with Crippen molar-refractivity contribution in [3.8, 4) is 5.75 Å². The van der Waals surface area contributed by atoms with Gasteiger partial charge >= 0.3 is 12.2 Å². The molecule has 27 heavy (non-hydrogen) atoms. The number of benzene rings is 1. The SMILES string of the molecule is O=C(O)Nc1ncc([C@@H]2C[C@H](OC(=O)Oc3ccc([N+](=O)[O-])cc3)CO2)s1. The molecule has 1 aromatic carbocycles. The summed E-state index contributed by atoms with van der Waals surface area (Å²) in [6, 6.07) is 5.01. The Hall–Kier alpha value is -3.25. The monoisotopic (exact) mass is 395 g/mol. The Morgan fingerprint density at radius 2 is 2.11 bits per heavy atom. The van der Waals surface area contributed by atoms with E-state index in [4.69, 9.17) is 19.3 Å².